The fraction of sp³-hybridized carbons (Fsp3) is 0.611. The SMILES string of the molecule is CN(C)S(=O)(=O)C[C@@H]1CN(C(=O)c2ccccc2N2CCOCC2)C[C@@H]1O. The number of carbonyl (C=O) groups is 1. The molecule has 2 aliphatic heterocycles. The van der Waals surface area contributed by atoms with Gasteiger partial charge in [0.1, 0.15) is 0 Å². The van der Waals surface area contributed by atoms with Gasteiger partial charge in [0.15, 0.2) is 0 Å². The second kappa shape index (κ2) is 8.14. The Kier molecular flexibility index (Phi) is 6.05. The van der Waals surface area contributed by atoms with Crippen molar-refractivity contribution in [3.05, 3.63) is 29.8 Å². The molecule has 2 atom stereocenters. The highest BCUT2D eigenvalue weighted by Gasteiger charge is 2.38. The third-order valence-electron chi connectivity index (χ3n) is 5.16. The number of hydrogen-bond acceptors (Lipinski definition) is 6. The van der Waals surface area contributed by atoms with E-state index in [1.54, 1.807) is 11.0 Å². The molecule has 3 rings (SSSR count). The third-order valence-corrected chi connectivity index (χ3v) is 7.12. The zero-order valence-corrected chi connectivity index (χ0v) is 16.6. The number of hydrogen-bond donors (Lipinski definition) is 1. The minimum atomic E-state index is -3.44. The maximum atomic E-state index is 13.1. The van der Waals surface area contributed by atoms with Gasteiger partial charge in [0.05, 0.1) is 30.6 Å². The van der Waals surface area contributed by atoms with Gasteiger partial charge in [0.25, 0.3) is 5.91 Å². The molecule has 2 saturated heterocycles. The first-order valence-electron chi connectivity index (χ1n) is 9.09. The summed E-state index contributed by atoms with van der Waals surface area (Å²) in [5.41, 5.74) is 1.42. The highest BCUT2D eigenvalue weighted by Crippen LogP contribution is 2.27. The fourth-order valence-corrected chi connectivity index (χ4v) is 4.67. The molecule has 0 spiro atoms. The first-order valence-corrected chi connectivity index (χ1v) is 10.7. The lowest BCUT2D eigenvalue weighted by Gasteiger charge is -2.31. The number of aliphatic hydroxyl groups is 1. The average Bonchev–Trinajstić information content (AvgIpc) is 3.01. The lowest BCUT2D eigenvalue weighted by molar-refractivity contribution is 0.0764. The molecular weight excluding hydrogens is 370 g/mol. The first kappa shape index (κ1) is 20.1. The van der Waals surface area contributed by atoms with E-state index in [2.05, 4.69) is 4.90 Å². The number of anilines is 1. The molecule has 2 aliphatic rings. The van der Waals surface area contributed by atoms with E-state index in [-0.39, 0.29) is 24.7 Å². The van der Waals surface area contributed by atoms with Gasteiger partial charge in [-0.3, -0.25) is 4.79 Å². The van der Waals surface area contributed by atoms with Crippen LogP contribution in [0.4, 0.5) is 5.69 Å². The van der Waals surface area contributed by atoms with Crippen LogP contribution in [0, 0.1) is 5.92 Å². The Balaban J connectivity index is 1.75. The Morgan fingerprint density at radius 3 is 2.56 bits per heavy atom. The van der Waals surface area contributed by atoms with Crippen molar-refractivity contribution in [2.75, 3.05) is 64.1 Å². The molecule has 27 heavy (non-hydrogen) atoms. The Hall–Kier alpha value is -1.68. The number of para-hydroxylation sites is 1. The van der Waals surface area contributed by atoms with Crippen molar-refractivity contribution in [2.24, 2.45) is 5.92 Å². The molecule has 150 valence electrons. The standard InChI is InChI=1S/C18H27N3O5S/c1-19(2)27(24,25)13-14-11-21(12-17(14)22)18(23)15-5-3-4-6-16(15)20-7-9-26-10-8-20/h3-6,14,17,22H,7-13H2,1-2H3/t14-,17-/m0/s1. The van der Waals surface area contributed by atoms with Crippen LogP contribution in [0.2, 0.25) is 0 Å². The summed E-state index contributed by atoms with van der Waals surface area (Å²) in [6.45, 7) is 3.05. The zero-order chi connectivity index (χ0) is 19.6. The minimum absolute atomic E-state index is 0.143. The molecule has 1 aromatic carbocycles. The maximum absolute atomic E-state index is 13.1. The van der Waals surface area contributed by atoms with E-state index in [0.717, 1.165) is 23.1 Å². The summed E-state index contributed by atoms with van der Waals surface area (Å²) in [5.74, 6) is -0.839. The van der Waals surface area contributed by atoms with Crippen LogP contribution in [0.3, 0.4) is 0 Å². The second-order valence-corrected chi connectivity index (χ2v) is 9.44. The van der Waals surface area contributed by atoms with E-state index in [0.29, 0.717) is 18.8 Å². The largest absolute Gasteiger partial charge is 0.391 e. The fourth-order valence-electron chi connectivity index (χ4n) is 3.51. The number of β-amino-alcohol motifs (C(OH)–C–C–N with tert-alkyl or cyclic N) is 1. The molecule has 1 amide bonds. The van der Waals surface area contributed by atoms with Gasteiger partial charge in [-0.05, 0) is 12.1 Å². The quantitative estimate of drug-likeness (QED) is 0.743. The summed E-state index contributed by atoms with van der Waals surface area (Å²) < 4.78 is 30.8. The Morgan fingerprint density at radius 2 is 1.89 bits per heavy atom. The number of ether oxygens (including phenoxy) is 1. The predicted octanol–water partition coefficient (Wildman–Crippen LogP) is -0.152. The summed E-state index contributed by atoms with van der Waals surface area (Å²) in [7, 11) is -0.500. The van der Waals surface area contributed by atoms with Crippen LogP contribution in [0.25, 0.3) is 0 Å². The number of carbonyl (C=O) groups excluding carboxylic acids is 1. The topological polar surface area (TPSA) is 90.4 Å². The van der Waals surface area contributed by atoms with Crippen molar-refractivity contribution in [3.63, 3.8) is 0 Å². The number of likely N-dealkylation sites (tertiary alicyclic amines) is 1. The van der Waals surface area contributed by atoms with Gasteiger partial charge in [0.2, 0.25) is 10.0 Å². The average molecular weight is 397 g/mol. The molecule has 0 bridgehead atoms. The zero-order valence-electron chi connectivity index (χ0n) is 15.7. The monoisotopic (exact) mass is 397 g/mol. The third kappa shape index (κ3) is 4.43. The molecule has 1 aromatic rings. The Labute approximate surface area is 160 Å². The van der Waals surface area contributed by atoms with Crippen molar-refractivity contribution < 1.29 is 23.1 Å². The van der Waals surface area contributed by atoms with Crippen molar-refractivity contribution in [1.82, 2.24) is 9.21 Å². The highest BCUT2D eigenvalue weighted by molar-refractivity contribution is 7.89. The van der Waals surface area contributed by atoms with Gasteiger partial charge >= 0.3 is 0 Å². The highest BCUT2D eigenvalue weighted by atomic mass is 32.2. The molecule has 0 aromatic heterocycles. The van der Waals surface area contributed by atoms with Crippen LogP contribution in [0.5, 0.6) is 0 Å². The van der Waals surface area contributed by atoms with E-state index in [1.165, 1.54) is 14.1 Å². The van der Waals surface area contributed by atoms with Crippen LogP contribution in [-0.4, -0.2) is 94.0 Å². The van der Waals surface area contributed by atoms with Crippen LogP contribution in [0.1, 0.15) is 10.4 Å². The van der Waals surface area contributed by atoms with Crippen molar-refractivity contribution in [2.45, 2.75) is 6.10 Å². The number of amides is 1. The lowest BCUT2D eigenvalue weighted by atomic mass is 10.1. The molecular formula is C18H27N3O5S. The summed E-state index contributed by atoms with van der Waals surface area (Å²) in [6.07, 6.45) is -0.848. The van der Waals surface area contributed by atoms with Gasteiger partial charge in [-0.15, -0.1) is 0 Å². The number of morpholine rings is 1. The van der Waals surface area contributed by atoms with Crippen molar-refractivity contribution in [3.8, 4) is 0 Å². The second-order valence-electron chi connectivity index (χ2n) is 7.22. The molecule has 2 heterocycles. The predicted molar refractivity (Wildman–Crippen MR) is 102 cm³/mol. The minimum Gasteiger partial charge on any atom is -0.391 e. The smallest absolute Gasteiger partial charge is 0.256 e. The summed E-state index contributed by atoms with van der Waals surface area (Å²) in [5, 5.41) is 10.3. The number of aliphatic hydroxyl groups excluding tert-OH is 1. The molecule has 0 aliphatic carbocycles. The number of rotatable bonds is 5. The normalized spacial score (nSPS) is 23.9. The van der Waals surface area contributed by atoms with Crippen LogP contribution in [-0.2, 0) is 14.8 Å². The van der Waals surface area contributed by atoms with E-state index in [1.807, 2.05) is 18.2 Å². The number of benzene rings is 1. The number of sulfonamides is 1. The summed E-state index contributed by atoms with van der Waals surface area (Å²) in [4.78, 5) is 16.8. The summed E-state index contributed by atoms with van der Waals surface area (Å²) >= 11 is 0. The number of nitrogens with zero attached hydrogens (tertiary/aromatic N) is 3. The van der Waals surface area contributed by atoms with Crippen LogP contribution < -0.4 is 4.90 Å². The molecule has 2 fully saturated rings. The van der Waals surface area contributed by atoms with Gasteiger partial charge in [-0.25, -0.2) is 12.7 Å². The Morgan fingerprint density at radius 1 is 1.22 bits per heavy atom. The van der Waals surface area contributed by atoms with Gasteiger partial charge in [0, 0.05) is 51.9 Å². The molecule has 9 heteroatoms. The summed E-state index contributed by atoms with van der Waals surface area (Å²) in [6, 6.07) is 7.41. The van der Waals surface area contributed by atoms with Crippen molar-refractivity contribution >= 4 is 21.6 Å². The molecule has 1 N–H and O–H groups in total. The Bertz CT molecular complexity index is 777. The van der Waals surface area contributed by atoms with Gasteiger partial charge in [-0.1, -0.05) is 12.1 Å². The van der Waals surface area contributed by atoms with Crippen molar-refractivity contribution in [1.29, 1.82) is 0 Å². The van der Waals surface area contributed by atoms with E-state index < -0.39 is 22.0 Å². The molecule has 0 saturated carbocycles. The molecule has 0 radical (unpaired) electrons. The molecule has 0 unspecified atom stereocenters. The lowest BCUT2D eigenvalue weighted by Crippen LogP contribution is -2.38. The molecule has 8 nitrogen and oxygen atoms in total. The van der Waals surface area contributed by atoms with Gasteiger partial charge < -0.3 is 19.6 Å². The first-order chi connectivity index (χ1) is 12.8. The van der Waals surface area contributed by atoms with Crippen LogP contribution >= 0.6 is 0 Å². The van der Waals surface area contributed by atoms with E-state index >= 15 is 0 Å². The van der Waals surface area contributed by atoms with Crippen LogP contribution in [0.15, 0.2) is 24.3 Å². The maximum Gasteiger partial charge on any atom is 0.256 e. The van der Waals surface area contributed by atoms with Gasteiger partial charge in [-0.2, -0.15) is 0 Å². The van der Waals surface area contributed by atoms with E-state index in [9.17, 15) is 18.3 Å². The van der Waals surface area contributed by atoms with E-state index in [4.69, 9.17) is 4.74 Å².